The van der Waals surface area contributed by atoms with E-state index in [1.54, 1.807) is 7.11 Å². The minimum atomic E-state index is -0.0711. The number of nitrogens with zero attached hydrogens (tertiary/aromatic N) is 3. The third-order valence-electron chi connectivity index (χ3n) is 5.74. The van der Waals surface area contributed by atoms with E-state index in [0.717, 1.165) is 63.3 Å². The van der Waals surface area contributed by atoms with Crippen LogP contribution in [0.3, 0.4) is 0 Å². The van der Waals surface area contributed by atoms with E-state index in [2.05, 4.69) is 26.7 Å². The Morgan fingerprint density at radius 3 is 2.79 bits per heavy atom. The number of ether oxygens (including phenoxy) is 1. The predicted octanol–water partition coefficient (Wildman–Crippen LogP) is 2.21. The monoisotopic (exact) mass is 383 g/mol. The Hall–Kier alpha value is -2.54. The zero-order valence-corrected chi connectivity index (χ0v) is 16.4. The van der Waals surface area contributed by atoms with Crippen molar-refractivity contribution in [2.45, 2.75) is 37.8 Å². The van der Waals surface area contributed by atoms with Gasteiger partial charge in [-0.3, -0.25) is 9.48 Å². The van der Waals surface area contributed by atoms with E-state index >= 15 is 0 Å². The molecule has 1 atom stereocenters. The quantitative estimate of drug-likeness (QED) is 0.828. The molecule has 1 aromatic heterocycles. The molecule has 150 valence electrons. The maximum Gasteiger partial charge on any atom is 0.271 e. The molecule has 7 heteroatoms. The number of hydrogen-bond donors (Lipinski definition) is 2. The van der Waals surface area contributed by atoms with Crippen molar-refractivity contribution in [3.8, 4) is 5.75 Å². The van der Waals surface area contributed by atoms with Crippen molar-refractivity contribution in [2.24, 2.45) is 0 Å². The molecule has 28 heavy (non-hydrogen) atoms. The first-order chi connectivity index (χ1) is 13.7. The topological polar surface area (TPSA) is 71.4 Å². The fourth-order valence-corrected chi connectivity index (χ4v) is 4.14. The number of aromatic nitrogens is 2. The van der Waals surface area contributed by atoms with Crippen LogP contribution >= 0.6 is 0 Å². The number of piperidine rings is 2. The Bertz CT molecular complexity index is 792. The van der Waals surface area contributed by atoms with Gasteiger partial charge in [-0.15, -0.1) is 0 Å². The summed E-state index contributed by atoms with van der Waals surface area (Å²) in [6.07, 6.45) is 6.01. The first-order valence-electron chi connectivity index (χ1n) is 10.2. The number of carbonyl (C=O) groups excluding carboxylic acids is 1. The number of rotatable bonds is 5. The molecule has 2 saturated heterocycles. The third-order valence-corrected chi connectivity index (χ3v) is 5.74. The molecule has 0 radical (unpaired) electrons. The normalized spacial score (nSPS) is 20.8. The number of amides is 1. The van der Waals surface area contributed by atoms with Crippen molar-refractivity contribution >= 4 is 11.6 Å². The summed E-state index contributed by atoms with van der Waals surface area (Å²) in [5.74, 6) is 0.825. The number of benzene rings is 1. The lowest BCUT2D eigenvalue weighted by Gasteiger charge is -2.34. The van der Waals surface area contributed by atoms with Crippen LogP contribution in [0.1, 0.15) is 42.2 Å². The number of hydrogen-bond acceptors (Lipinski definition) is 5. The molecule has 0 aliphatic carbocycles. The molecule has 2 aliphatic rings. The average Bonchev–Trinajstić information content (AvgIpc) is 3.25. The summed E-state index contributed by atoms with van der Waals surface area (Å²) in [4.78, 5) is 15.0. The van der Waals surface area contributed by atoms with Gasteiger partial charge in [-0.1, -0.05) is 12.1 Å². The Balaban J connectivity index is 1.31. The van der Waals surface area contributed by atoms with Gasteiger partial charge in [-0.25, -0.2) is 0 Å². The standard InChI is InChI=1S/C21H29N5O2/c1-28-20-7-3-2-6-19(20)25-12-8-16(9-13-25)23-21(27)18-10-14-26(24-18)17-5-4-11-22-15-17/h2-3,6-7,10,14,16-17,22H,4-5,8-9,11-13,15H2,1H3,(H,23,27). The third kappa shape index (κ3) is 4.14. The molecular weight excluding hydrogens is 354 g/mol. The second kappa shape index (κ2) is 8.65. The van der Waals surface area contributed by atoms with Crippen molar-refractivity contribution in [1.82, 2.24) is 20.4 Å². The van der Waals surface area contributed by atoms with Crippen LogP contribution in [-0.4, -0.2) is 55.0 Å². The van der Waals surface area contributed by atoms with Gasteiger partial charge in [0.15, 0.2) is 0 Å². The van der Waals surface area contributed by atoms with E-state index in [9.17, 15) is 4.79 Å². The highest BCUT2D eigenvalue weighted by molar-refractivity contribution is 5.92. The summed E-state index contributed by atoms with van der Waals surface area (Å²) < 4.78 is 7.41. The van der Waals surface area contributed by atoms with Crippen molar-refractivity contribution in [2.75, 3.05) is 38.2 Å². The smallest absolute Gasteiger partial charge is 0.271 e. The first kappa shape index (κ1) is 18.8. The molecule has 1 unspecified atom stereocenters. The van der Waals surface area contributed by atoms with Crippen molar-refractivity contribution in [3.05, 3.63) is 42.2 Å². The highest BCUT2D eigenvalue weighted by Crippen LogP contribution is 2.29. The summed E-state index contributed by atoms with van der Waals surface area (Å²) in [6, 6.07) is 10.4. The van der Waals surface area contributed by atoms with Gasteiger partial charge in [-0.2, -0.15) is 5.10 Å². The average molecular weight is 383 g/mol. The molecule has 1 aromatic carbocycles. The number of carbonyl (C=O) groups is 1. The van der Waals surface area contributed by atoms with Gasteiger partial charge in [0, 0.05) is 31.9 Å². The van der Waals surface area contributed by atoms with Gasteiger partial charge < -0.3 is 20.3 Å². The van der Waals surface area contributed by atoms with E-state index in [-0.39, 0.29) is 11.9 Å². The molecule has 3 heterocycles. The first-order valence-corrected chi connectivity index (χ1v) is 10.2. The minimum absolute atomic E-state index is 0.0711. The molecule has 2 aliphatic heterocycles. The second-order valence-corrected chi connectivity index (χ2v) is 7.59. The molecule has 2 N–H and O–H groups in total. The summed E-state index contributed by atoms with van der Waals surface area (Å²) in [6.45, 7) is 3.78. The summed E-state index contributed by atoms with van der Waals surface area (Å²) in [7, 11) is 1.70. The zero-order chi connectivity index (χ0) is 19.3. The summed E-state index contributed by atoms with van der Waals surface area (Å²) in [5.41, 5.74) is 1.63. The molecule has 2 aromatic rings. The van der Waals surface area contributed by atoms with Gasteiger partial charge in [0.05, 0.1) is 18.8 Å². The van der Waals surface area contributed by atoms with Gasteiger partial charge in [0.1, 0.15) is 11.4 Å². The lowest BCUT2D eigenvalue weighted by Crippen LogP contribution is -2.45. The van der Waals surface area contributed by atoms with Crippen LogP contribution in [-0.2, 0) is 0 Å². The zero-order valence-electron chi connectivity index (χ0n) is 16.4. The molecule has 2 fully saturated rings. The predicted molar refractivity (Wildman–Crippen MR) is 109 cm³/mol. The van der Waals surface area contributed by atoms with Crippen LogP contribution < -0.4 is 20.3 Å². The molecular formula is C21H29N5O2. The Morgan fingerprint density at radius 1 is 1.21 bits per heavy atom. The van der Waals surface area contributed by atoms with Gasteiger partial charge in [0.25, 0.3) is 5.91 Å². The second-order valence-electron chi connectivity index (χ2n) is 7.59. The Labute approximate surface area is 166 Å². The lowest BCUT2D eigenvalue weighted by molar-refractivity contribution is 0.0924. The van der Waals surface area contributed by atoms with E-state index in [1.165, 1.54) is 0 Å². The Morgan fingerprint density at radius 2 is 2.04 bits per heavy atom. The molecule has 7 nitrogen and oxygen atoms in total. The number of anilines is 1. The van der Waals surface area contributed by atoms with Gasteiger partial charge >= 0.3 is 0 Å². The van der Waals surface area contributed by atoms with Crippen molar-refractivity contribution < 1.29 is 9.53 Å². The Kier molecular flexibility index (Phi) is 5.81. The SMILES string of the molecule is COc1ccccc1N1CCC(NC(=O)c2ccn(C3CCCNC3)n2)CC1. The minimum Gasteiger partial charge on any atom is -0.495 e. The molecule has 4 rings (SSSR count). The maximum atomic E-state index is 12.6. The van der Waals surface area contributed by atoms with Crippen LogP contribution in [0.15, 0.2) is 36.5 Å². The van der Waals surface area contributed by atoms with Crippen molar-refractivity contribution in [3.63, 3.8) is 0 Å². The van der Waals surface area contributed by atoms with E-state index < -0.39 is 0 Å². The largest absolute Gasteiger partial charge is 0.495 e. The van der Waals surface area contributed by atoms with Crippen LogP contribution in [0.5, 0.6) is 5.75 Å². The molecule has 1 amide bonds. The highest BCUT2D eigenvalue weighted by Gasteiger charge is 2.24. The van der Waals surface area contributed by atoms with Crippen LogP contribution in [0.4, 0.5) is 5.69 Å². The number of para-hydroxylation sites is 2. The van der Waals surface area contributed by atoms with Gasteiger partial charge in [-0.05, 0) is 50.4 Å². The molecule has 0 spiro atoms. The fraction of sp³-hybridized carbons (Fsp3) is 0.524. The highest BCUT2D eigenvalue weighted by atomic mass is 16.5. The van der Waals surface area contributed by atoms with Crippen LogP contribution in [0.2, 0.25) is 0 Å². The van der Waals surface area contributed by atoms with Crippen LogP contribution in [0.25, 0.3) is 0 Å². The number of nitrogens with one attached hydrogen (secondary N) is 2. The summed E-state index contributed by atoms with van der Waals surface area (Å²) >= 11 is 0. The summed E-state index contributed by atoms with van der Waals surface area (Å²) in [5, 5.41) is 11.1. The van der Waals surface area contributed by atoms with Crippen molar-refractivity contribution in [1.29, 1.82) is 0 Å². The lowest BCUT2D eigenvalue weighted by atomic mass is 10.0. The van der Waals surface area contributed by atoms with E-state index in [1.807, 2.05) is 35.1 Å². The maximum absolute atomic E-state index is 12.6. The molecule has 0 saturated carbocycles. The number of methoxy groups -OCH3 is 1. The molecule has 0 bridgehead atoms. The fourth-order valence-electron chi connectivity index (χ4n) is 4.14. The van der Waals surface area contributed by atoms with E-state index in [0.29, 0.717) is 11.7 Å². The van der Waals surface area contributed by atoms with Crippen LogP contribution in [0, 0.1) is 0 Å². The van der Waals surface area contributed by atoms with Gasteiger partial charge in [0.2, 0.25) is 0 Å². The van der Waals surface area contributed by atoms with E-state index in [4.69, 9.17) is 4.74 Å².